The SMILES string of the molecule is Cl.[O-][n+]1ccccc1-c1nc(C2CCNCC2)n[nH]1. The average Bonchev–Trinajstić information content (AvgIpc) is 2.90. The Bertz CT molecular complexity index is 538. The lowest BCUT2D eigenvalue weighted by molar-refractivity contribution is -0.594. The molecule has 6 nitrogen and oxygen atoms in total. The summed E-state index contributed by atoms with van der Waals surface area (Å²) in [6.07, 6.45) is 3.55. The maximum Gasteiger partial charge on any atom is 0.261 e. The van der Waals surface area contributed by atoms with Gasteiger partial charge < -0.3 is 10.5 Å². The van der Waals surface area contributed by atoms with Crippen molar-refractivity contribution in [1.82, 2.24) is 20.5 Å². The number of halogens is 1. The lowest BCUT2D eigenvalue weighted by Crippen LogP contribution is -2.28. The van der Waals surface area contributed by atoms with Gasteiger partial charge in [-0.1, -0.05) is 0 Å². The summed E-state index contributed by atoms with van der Waals surface area (Å²) in [5.74, 6) is 1.74. The number of H-pyrrole nitrogens is 1. The lowest BCUT2D eigenvalue weighted by atomic mass is 9.98. The molecule has 0 radical (unpaired) electrons. The van der Waals surface area contributed by atoms with Gasteiger partial charge in [0.05, 0.1) is 0 Å². The molecule has 0 amide bonds. The number of piperidine rings is 1. The minimum atomic E-state index is 0. The molecule has 2 aromatic rings. The van der Waals surface area contributed by atoms with Crippen LogP contribution in [0.2, 0.25) is 0 Å². The molecule has 0 atom stereocenters. The monoisotopic (exact) mass is 281 g/mol. The Morgan fingerprint density at radius 3 is 2.79 bits per heavy atom. The van der Waals surface area contributed by atoms with Crippen LogP contribution in [0.5, 0.6) is 0 Å². The van der Waals surface area contributed by atoms with Crippen molar-refractivity contribution in [2.45, 2.75) is 18.8 Å². The van der Waals surface area contributed by atoms with Gasteiger partial charge in [-0.05, 0) is 32.0 Å². The standard InChI is InChI=1S/C12H15N5O.ClH/c18-17-8-2-1-3-10(17)12-14-11(15-16-12)9-4-6-13-7-5-9;/h1-3,8-9,13H,4-7H2,(H,14,15,16);1H. The minimum Gasteiger partial charge on any atom is -0.618 e. The topological polar surface area (TPSA) is 80.5 Å². The van der Waals surface area contributed by atoms with E-state index in [0.29, 0.717) is 17.4 Å². The molecule has 0 aliphatic carbocycles. The van der Waals surface area contributed by atoms with Crippen LogP contribution >= 0.6 is 12.4 Å². The smallest absolute Gasteiger partial charge is 0.261 e. The number of rotatable bonds is 2. The first kappa shape index (κ1) is 13.8. The van der Waals surface area contributed by atoms with Crippen molar-refractivity contribution in [3.63, 3.8) is 0 Å². The van der Waals surface area contributed by atoms with Crippen LogP contribution in [0.4, 0.5) is 0 Å². The predicted octanol–water partition coefficient (Wildman–Crippen LogP) is 0.994. The first-order chi connectivity index (χ1) is 8.84. The number of pyridine rings is 1. The Balaban J connectivity index is 0.00000133. The molecule has 0 saturated carbocycles. The Labute approximate surface area is 117 Å². The third-order valence-corrected chi connectivity index (χ3v) is 3.27. The maximum atomic E-state index is 11.6. The van der Waals surface area contributed by atoms with Crippen LogP contribution in [0.15, 0.2) is 24.4 Å². The Hall–Kier alpha value is -1.66. The fraction of sp³-hybridized carbons (Fsp3) is 0.417. The molecule has 0 spiro atoms. The van der Waals surface area contributed by atoms with E-state index in [0.717, 1.165) is 36.5 Å². The highest BCUT2D eigenvalue weighted by Crippen LogP contribution is 2.23. The summed E-state index contributed by atoms with van der Waals surface area (Å²) in [5, 5.41) is 22.0. The molecule has 2 aromatic heterocycles. The second kappa shape index (κ2) is 5.99. The third kappa shape index (κ3) is 2.85. The molecule has 102 valence electrons. The van der Waals surface area contributed by atoms with E-state index in [2.05, 4.69) is 20.5 Å². The van der Waals surface area contributed by atoms with Crippen LogP contribution in [0.3, 0.4) is 0 Å². The van der Waals surface area contributed by atoms with Gasteiger partial charge >= 0.3 is 0 Å². The number of hydrogen-bond acceptors (Lipinski definition) is 4. The normalized spacial score (nSPS) is 16.0. The van der Waals surface area contributed by atoms with Gasteiger partial charge in [0.1, 0.15) is 0 Å². The van der Waals surface area contributed by atoms with Crippen molar-refractivity contribution in [1.29, 1.82) is 0 Å². The molecule has 0 unspecified atom stereocenters. The maximum absolute atomic E-state index is 11.6. The van der Waals surface area contributed by atoms with Crippen LogP contribution in [-0.4, -0.2) is 28.3 Å². The van der Waals surface area contributed by atoms with Crippen LogP contribution < -0.4 is 10.0 Å². The summed E-state index contributed by atoms with van der Waals surface area (Å²) < 4.78 is 0.798. The number of nitrogens with one attached hydrogen (secondary N) is 2. The summed E-state index contributed by atoms with van der Waals surface area (Å²) in [5.41, 5.74) is 0.505. The van der Waals surface area contributed by atoms with Crippen LogP contribution in [-0.2, 0) is 0 Å². The molecule has 0 aromatic carbocycles. The molecule has 1 fully saturated rings. The van der Waals surface area contributed by atoms with Crippen LogP contribution in [0.1, 0.15) is 24.6 Å². The summed E-state index contributed by atoms with van der Waals surface area (Å²) in [4.78, 5) is 4.45. The van der Waals surface area contributed by atoms with Gasteiger partial charge in [0.15, 0.2) is 12.0 Å². The van der Waals surface area contributed by atoms with Gasteiger partial charge in [0, 0.05) is 18.1 Å². The molecule has 1 saturated heterocycles. The minimum absolute atomic E-state index is 0. The average molecular weight is 282 g/mol. The third-order valence-electron chi connectivity index (χ3n) is 3.27. The highest BCUT2D eigenvalue weighted by Gasteiger charge is 2.21. The van der Waals surface area contributed by atoms with Crippen molar-refractivity contribution in [3.8, 4) is 11.5 Å². The van der Waals surface area contributed by atoms with E-state index in [9.17, 15) is 5.21 Å². The Kier molecular flexibility index (Phi) is 4.34. The quantitative estimate of drug-likeness (QED) is 0.635. The van der Waals surface area contributed by atoms with Gasteiger partial charge in [-0.25, -0.2) is 4.98 Å². The van der Waals surface area contributed by atoms with Crippen molar-refractivity contribution in [3.05, 3.63) is 35.4 Å². The van der Waals surface area contributed by atoms with Gasteiger partial charge in [-0.2, -0.15) is 9.83 Å². The molecule has 1 aliphatic heterocycles. The first-order valence-electron chi connectivity index (χ1n) is 6.16. The van der Waals surface area contributed by atoms with Crippen molar-refractivity contribution in [2.24, 2.45) is 0 Å². The number of aromatic nitrogens is 4. The van der Waals surface area contributed by atoms with E-state index >= 15 is 0 Å². The highest BCUT2D eigenvalue weighted by atomic mass is 35.5. The zero-order chi connectivity index (χ0) is 12.4. The van der Waals surface area contributed by atoms with E-state index in [4.69, 9.17) is 0 Å². The molecule has 2 N–H and O–H groups in total. The molecule has 19 heavy (non-hydrogen) atoms. The largest absolute Gasteiger partial charge is 0.618 e. The molecule has 7 heteroatoms. The molecule has 1 aliphatic rings. The summed E-state index contributed by atoms with van der Waals surface area (Å²) in [6, 6.07) is 5.25. The van der Waals surface area contributed by atoms with E-state index in [1.54, 1.807) is 12.1 Å². The second-order valence-corrected chi connectivity index (χ2v) is 4.48. The molecular formula is C12H16ClN5O. The van der Waals surface area contributed by atoms with Crippen LogP contribution in [0, 0.1) is 5.21 Å². The fourth-order valence-corrected chi connectivity index (χ4v) is 2.26. The van der Waals surface area contributed by atoms with Gasteiger partial charge in [0.2, 0.25) is 5.82 Å². The van der Waals surface area contributed by atoms with Crippen LogP contribution in [0.25, 0.3) is 11.5 Å². The second-order valence-electron chi connectivity index (χ2n) is 4.48. The first-order valence-corrected chi connectivity index (χ1v) is 6.16. The van der Waals surface area contributed by atoms with Crippen molar-refractivity contribution >= 4 is 12.4 Å². The molecule has 0 bridgehead atoms. The zero-order valence-electron chi connectivity index (χ0n) is 10.4. The summed E-state index contributed by atoms with van der Waals surface area (Å²) in [7, 11) is 0. The zero-order valence-corrected chi connectivity index (χ0v) is 11.2. The highest BCUT2D eigenvalue weighted by molar-refractivity contribution is 5.85. The van der Waals surface area contributed by atoms with E-state index in [-0.39, 0.29) is 12.4 Å². The number of aromatic amines is 1. The van der Waals surface area contributed by atoms with Crippen molar-refractivity contribution in [2.75, 3.05) is 13.1 Å². The van der Waals surface area contributed by atoms with Gasteiger partial charge in [0.25, 0.3) is 5.69 Å². The van der Waals surface area contributed by atoms with E-state index in [1.807, 2.05) is 6.07 Å². The summed E-state index contributed by atoms with van der Waals surface area (Å²) in [6.45, 7) is 2.00. The fourth-order valence-electron chi connectivity index (χ4n) is 2.26. The van der Waals surface area contributed by atoms with E-state index in [1.165, 1.54) is 6.20 Å². The lowest BCUT2D eigenvalue weighted by Gasteiger charge is -2.19. The van der Waals surface area contributed by atoms with Gasteiger partial charge in [-0.15, -0.1) is 12.4 Å². The Morgan fingerprint density at radius 2 is 2.05 bits per heavy atom. The van der Waals surface area contributed by atoms with Crippen molar-refractivity contribution < 1.29 is 4.73 Å². The van der Waals surface area contributed by atoms with Gasteiger partial charge in [-0.3, -0.25) is 5.10 Å². The van der Waals surface area contributed by atoms with E-state index < -0.39 is 0 Å². The molecule has 3 heterocycles. The number of nitrogens with zero attached hydrogens (tertiary/aromatic N) is 3. The molecular weight excluding hydrogens is 266 g/mol. The Morgan fingerprint density at radius 1 is 1.26 bits per heavy atom. The summed E-state index contributed by atoms with van der Waals surface area (Å²) >= 11 is 0. The number of hydrogen-bond donors (Lipinski definition) is 2. The predicted molar refractivity (Wildman–Crippen MR) is 72.9 cm³/mol. The molecule has 3 rings (SSSR count).